The summed E-state index contributed by atoms with van der Waals surface area (Å²) < 4.78 is 40.8. The number of para-hydroxylation sites is 1. The van der Waals surface area contributed by atoms with Gasteiger partial charge in [0.15, 0.2) is 11.5 Å². The number of methoxy groups -OCH3 is 3. The molecule has 0 heterocycles. The van der Waals surface area contributed by atoms with Crippen molar-refractivity contribution in [3.05, 3.63) is 48.0 Å². The number of nitrogens with zero attached hydrogens (tertiary/aromatic N) is 2. The maximum atomic E-state index is 12.3. The van der Waals surface area contributed by atoms with Crippen LogP contribution < -0.4 is 23.9 Å². The summed E-state index contributed by atoms with van der Waals surface area (Å²) in [5.41, 5.74) is 3.24. The van der Waals surface area contributed by atoms with E-state index in [1.54, 1.807) is 42.5 Å². The molecule has 0 aliphatic heterocycles. The fourth-order valence-electron chi connectivity index (χ4n) is 2.50. The Morgan fingerprint density at radius 2 is 1.76 bits per heavy atom. The summed E-state index contributed by atoms with van der Waals surface area (Å²) in [6.07, 6.45) is 2.41. The standard InChI is InChI=1S/C19H23N3O6S/c1-26-16-10-8-15(9-11-16)22(29(4,24)25)13-18(23)21-20-12-14-6-5-7-17(27-2)19(14)28-3/h5-12H,13H2,1-4H3,(H,21,23)/b20-12-. The van der Waals surface area contributed by atoms with Crippen molar-refractivity contribution < 1.29 is 27.4 Å². The van der Waals surface area contributed by atoms with Crippen molar-refractivity contribution in [3.8, 4) is 17.2 Å². The molecule has 2 rings (SSSR count). The van der Waals surface area contributed by atoms with Crippen LogP contribution >= 0.6 is 0 Å². The highest BCUT2D eigenvalue weighted by atomic mass is 32.2. The van der Waals surface area contributed by atoms with Crippen LogP contribution in [0.2, 0.25) is 0 Å². The molecule has 0 atom stereocenters. The summed E-state index contributed by atoms with van der Waals surface area (Å²) in [4.78, 5) is 12.3. The summed E-state index contributed by atoms with van der Waals surface area (Å²) in [5.74, 6) is 0.947. The summed E-state index contributed by atoms with van der Waals surface area (Å²) in [7, 11) is 0.826. The van der Waals surface area contributed by atoms with Crippen molar-refractivity contribution in [2.24, 2.45) is 5.10 Å². The van der Waals surface area contributed by atoms with E-state index in [1.807, 2.05) is 0 Å². The minimum atomic E-state index is -3.69. The van der Waals surface area contributed by atoms with Crippen LogP contribution in [0.15, 0.2) is 47.6 Å². The zero-order chi connectivity index (χ0) is 21.4. The van der Waals surface area contributed by atoms with Crippen molar-refractivity contribution in [1.82, 2.24) is 5.43 Å². The quantitative estimate of drug-likeness (QED) is 0.487. The summed E-state index contributed by atoms with van der Waals surface area (Å²) in [6, 6.07) is 11.5. The predicted molar refractivity (Wildman–Crippen MR) is 110 cm³/mol. The molecule has 2 aromatic carbocycles. The van der Waals surface area contributed by atoms with E-state index < -0.39 is 22.5 Å². The maximum Gasteiger partial charge on any atom is 0.260 e. The van der Waals surface area contributed by atoms with Crippen LogP contribution in [0.5, 0.6) is 17.2 Å². The Hall–Kier alpha value is -3.27. The molecule has 0 aromatic heterocycles. The molecule has 0 radical (unpaired) electrons. The number of hydrogen-bond donors (Lipinski definition) is 1. The average molecular weight is 421 g/mol. The number of carbonyl (C=O) groups is 1. The fraction of sp³-hybridized carbons (Fsp3) is 0.263. The molecule has 0 saturated heterocycles. The monoisotopic (exact) mass is 421 g/mol. The van der Waals surface area contributed by atoms with Gasteiger partial charge in [-0.25, -0.2) is 13.8 Å². The van der Waals surface area contributed by atoms with E-state index in [4.69, 9.17) is 14.2 Å². The first-order valence-corrected chi connectivity index (χ1v) is 10.3. The van der Waals surface area contributed by atoms with Gasteiger partial charge in [-0.2, -0.15) is 5.10 Å². The van der Waals surface area contributed by atoms with Crippen molar-refractivity contribution in [2.75, 3.05) is 38.4 Å². The zero-order valence-electron chi connectivity index (χ0n) is 16.6. The van der Waals surface area contributed by atoms with Gasteiger partial charge in [-0.05, 0) is 36.4 Å². The van der Waals surface area contributed by atoms with E-state index in [1.165, 1.54) is 27.5 Å². The third-order valence-corrected chi connectivity index (χ3v) is 5.01. The minimum Gasteiger partial charge on any atom is -0.497 e. The number of amides is 1. The molecule has 0 saturated carbocycles. The van der Waals surface area contributed by atoms with Gasteiger partial charge in [-0.3, -0.25) is 9.10 Å². The molecule has 0 unspecified atom stereocenters. The lowest BCUT2D eigenvalue weighted by molar-refractivity contribution is -0.119. The van der Waals surface area contributed by atoms with Crippen LogP contribution in [-0.2, 0) is 14.8 Å². The normalized spacial score (nSPS) is 11.2. The van der Waals surface area contributed by atoms with E-state index in [0.717, 1.165) is 10.6 Å². The van der Waals surface area contributed by atoms with Crippen LogP contribution in [0.1, 0.15) is 5.56 Å². The number of hydrazone groups is 1. The molecular formula is C19H23N3O6S. The maximum absolute atomic E-state index is 12.3. The summed E-state index contributed by atoms with van der Waals surface area (Å²) in [6.45, 7) is -0.433. The van der Waals surface area contributed by atoms with Crippen LogP contribution in [-0.4, -0.2) is 54.7 Å². The molecule has 2 aromatic rings. The smallest absolute Gasteiger partial charge is 0.260 e. The first kappa shape index (κ1) is 22.0. The van der Waals surface area contributed by atoms with Crippen molar-refractivity contribution in [3.63, 3.8) is 0 Å². The Bertz CT molecular complexity index is 974. The van der Waals surface area contributed by atoms with Crippen molar-refractivity contribution in [1.29, 1.82) is 0 Å². The fourth-order valence-corrected chi connectivity index (χ4v) is 3.36. The Morgan fingerprint density at radius 1 is 1.07 bits per heavy atom. The van der Waals surface area contributed by atoms with Crippen LogP contribution in [0, 0.1) is 0 Å². The van der Waals surface area contributed by atoms with Crippen LogP contribution in [0.4, 0.5) is 5.69 Å². The number of hydrogen-bond acceptors (Lipinski definition) is 7. The SMILES string of the molecule is COc1ccc(N(CC(=O)N/N=C\c2cccc(OC)c2OC)S(C)(=O)=O)cc1. The van der Waals surface area contributed by atoms with Gasteiger partial charge in [0, 0.05) is 5.56 Å². The van der Waals surface area contributed by atoms with Gasteiger partial charge in [0.1, 0.15) is 12.3 Å². The largest absolute Gasteiger partial charge is 0.497 e. The van der Waals surface area contributed by atoms with E-state index >= 15 is 0 Å². The molecule has 1 N–H and O–H groups in total. The molecule has 0 spiro atoms. The van der Waals surface area contributed by atoms with Crippen molar-refractivity contribution >= 4 is 27.8 Å². The topological polar surface area (TPSA) is 107 Å². The van der Waals surface area contributed by atoms with E-state index in [2.05, 4.69) is 10.5 Å². The number of anilines is 1. The van der Waals surface area contributed by atoms with Gasteiger partial charge >= 0.3 is 0 Å². The first-order valence-electron chi connectivity index (χ1n) is 8.44. The number of ether oxygens (including phenoxy) is 3. The first-order chi connectivity index (χ1) is 13.8. The highest BCUT2D eigenvalue weighted by Gasteiger charge is 2.20. The highest BCUT2D eigenvalue weighted by molar-refractivity contribution is 7.92. The number of rotatable bonds is 9. The van der Waals surface area contributed by atoms with Crippen molar-refractivity contribution in [2.45, 2.75) is 0 Å². The lowest BCUT2D eigenvalue weighted by atomic mass is 10.2. The summed E-state index contributed by atoms with van der Waals surface area (Å²) >= 11 is 0. The predicted octanol–water partition coefficient (Wildman–Crippen LogP) is 1.63. The van der Waals surface area contributed by atoms with E-state index in [9.17, 15) is 13.2 Å². The molecule has 9 nitrogen and oxygen atoms in total. The number of benzene rings is 2. The second kappa shape index (κ2) is 9.78. The molecule has 0 fully saturated rings. The van der Waals surface area contributed by atoms with Gasteiger partial charge in [0.2, 0.25) is 10.0 Å². The van der Waals surface area contributed by atoms with Gasteiger partial charge in [0.25, 0.3) is 5.91 Å². The molecule has 156 valence electrons. The van der Waals surface area contributed by atoms with Gasteiger partial charge in [0.05, 0.1) is 39.5 Å². The third-order valence-electron chi connectivity index (χ3n) is 3.87. The Balaban J connectivity index is 2.12. The molecule has 1 amide bonds. The molecular weight excluding hydrogens is 398 g/mol. The molecule has 10 heteroatoms. The number of sulfonamides is 1. The van der Waals surface area contributed by atoms with Gasteiger partial charge in [-0.15, -0.1) is 0 Å². The molecule has 0 bridgehead atoms. The minimum absolute atomic E-state index is 0.335. The number of nitrogens with one attached hydrogen (secondary N) is 1. The Morgan fingerprint density at radius 3 is 2.31 bits per heavy atom. The van der Waals surface area contributed by atoms with Crippen LogP contribution in [0.3, 0.4) is 0 Å². The molecule has 0 aliphatic rings. The summed E-state index contributed by atoms with van der Waals surface area (Å²) in [5, 5.41) is 3.88. The second-order valence-corrected chi connectivity index (χ2v) is 7.75. The van der Waals surface area contributed by atoms with E-state index in [-0.39, 0.29) is 0 Å². The Labute approximate surface area is 169 Å². The molecule has 29 heavy (non-hydrogen) atoms. The Kier molecular flexibility index (Phi) is 7.43. The zero-order valence-corrected chi connectivity index (χ0v) is 17.4. The van der Waals surface area contributed by atoms with Crippen LogP contribution in [0.25, 0.3) is 0 Å². The molecule has 0 aliphatic carbocycles. The van der Waals surface area contributed by atoms with E-state index in [0.29, 0.717) is 28.5 Å². The van der Waals surface area contributed by atoms with Gasteiger partial charge < -0.3 is 14.2 Å². The lowest BCUT2D eigenvalue weighted by Gasteiger charge is -2.21. The second-order valence-electron chi connectivity index (χ2n) is 5.84. The average Bonchev–Trinajstić information content (AvgIpc) is 2.71. The highest BCUT2D eigenvalue weighted by Crippen LogP contribution is 2.29. The van der Waals surface area contributed by atoms with Gasteiger partial charge in [-0.1, -0.05) is 6.07 Å². The number of carbonyl (C=O) groups excluding carboxylic acids is 1. The lowest BCUT2D eigenvalue weighted by Crippen LogP contribution is -2.39. The third kappa shape index (κ3) is 5.85.